The minimum atomic E-state index is -1.15. The molecule has 1 saturated carbocycles. The Morgan fingerprint density at radius 2 is 0.937 bits per heavy atom. The van der Waals surface area contributed by atoms with E-state index in [4.69, 9.17) is 44.3 Å². The lowest BCUT2D eigenvalue weighted by Crippen LogP contribution is -2.50. The fourth-order valence-electron chi connectivity index (χ4n) is 14.6. The first-order chi connectivity index (χ1) is 46.3. The van der Waals surface area contributed by atoms with Gasteiger partial charge in [-0.1, -0.05) is 71.9 Å². The van der Waals surface area contributed by atoms with Gasteiger partial charge in [-0.25, -0.2) is 19.3 Å². The molecule has 500 valence electrons. The number of H-pyrrole nitrogens is 3. The standard InChI is InChI=1S/C28H34ClN5O2.C24H28ClN5O2.C18H20ClFN6O/c29-24-18-31-27-25(24)26(32-21-3-1-2-4-21)23(17-30-27)19-5-7-20(8-6-19)28(35)34-11-9-22(10-12-34)33-13-15-36-16-14-33;1-26-22-19(14-27-23-21(22)20(25)15-28-23)16-2-4-17(5-3-16)24(31)30-8-6-18(7-9-30)29-10-12-32-13-11-29;1-10(27)25-4-3-15(14(20)9-25)26-8-11(5-24-26)12-6-22-18-16(17(12)21-2)13(19)7-23-18/h5-8,17-18,21-22H,1-4,9-16H2,(H2,30,31,32);2-5,14-15,18H,6-13H2,1H3,(H2,26,27,28);5-8,14-15H,3-4,9H2,1-2H3,(H2,21,22,23)/t;;14-,15-/m..0/s1. The topological polar surface area (TPSA) is 226 Å². The second kappa shape index (κ2) is 29.7. The van der Waals surface area contributed by atoms with Gasteiger partial charge >= 0.3 is 0 Å². The highest BCUT2D eigenvalue weighted by Crippen LogP contribution is 2.42. The van der Waals surface area contributed by atoms with Gasteiger partial charge in [0, 0.05) is 175 Å². The lowest BCUT2D eigenvalue weighted by molar-refractivity contribution is -0.131. The van der Waals surface area contributed by atoms with Crippen molar-refractivity contribution in [3.8, 4) is 33.4 Å². The Bertz CT molecular complexity index is 4140. The molecule has 25 heteroatoms. The number of piperidine rings is 3. The van der Waals surface area contributed by atoms with Gasteiger partial charge in [0.2, 0.25) is 5.91 Å². The van der Waals surface area contributed by atoms with Gasteiger partial charge in [0.15, 0.2) is 0 Å². The summed E-state index contributed by atoms with van der Waals surface area (Å²) in [6.45, 7) is 12.6. The highest BCUT2D eigenvalue weighted by molar-refractivity contribution is 6.38. The Morgan fingerprint density at radius 3 is 1.36 bits per heavy atom. The van der Waals surface area contributed by atoms with Crippen LogP contribution in [0.5, 0.6) is 0 Å². The molecule has 12 heterocycles. The average Bonchev–Trinajstić information content (AvgIpc) is 1.78. The first-order valence-corrected chi connectivity index (χ1v) is 34.4. The molecule has 7 aromatic heterocycles. The summed E-state index contributed by atoms with van der Waals surface area (Å²) in [6, 6.07) is 17.0. The summed E-state index contributed by atoms with van der Waals surface area (Å²) < 4.78 is 27.2. The van der Waals surface area contributed by atoms with Gasteiger partial charge in [-0.15, -0.1) is 0 Å². The summed E-state index contributed by atoms with van der Waals surface area (Å²) in [7, 11) is 3.70. The number of pyridine rings is 3. The normalized spacial score (nSPS) is 19.6. The number of morpholine rings is 2. The molecule has 0 bridgehead atoms. The smallest absolute Gasteiger partial charge is 0.253 e. The van der Waals surface area contributed by atoms with E-state index in [0.29, 0.717) is 51.8 Å². The number of nitrogens with zero attached hydrogens (tertiary/aromatic N) is 10. The van der Waals surface area contributed by atoms with E-state index in [1.807, 2.05) is 91.0 Å². The van der Waals surface area contributed by atoms with Crippen molar-refractivity contribution in [3.05, 3.63) is 124 Å². The third kappa shape index (κ3) is 14.2. The van der Waals surface area contributed by atoms with Crippen LogP contribution < -0.4 is 16.0 Å². The Morgan fingerprint density at radius 1 is 0.526 bits per heavy atom. The maximum absolute atomic E-state index is 14.6. The molecule has 3 amide bonds. The summed E-state index contributed by atoms with van der Waals surface area (Å²) in [4.78, 5) is 71.2. The van der Waals surface area contributed by atoms with Gasteiger partial charge in [0.05, 0.1) is 93.5 Å². The quantitative estimate of drug-likeness (QED) is 0.0669. The molecule has 1 aliphatic carbocycles. The number of hydrogen-bond donors (Lipinski definition) is 6. The lowest BCUT2D eigenvalue weighted by atomic mass is 9.99. The third-order valence-corrected chi connectivity index (χ3v) is 20.8. The zero-order valence-corrected chi connectivity index (χ0v) is 56.2. The SMILES string of the molecule is CNc1c(-c2ccc(C(=O)N3CCC(N4CCOCC4)CC3)cc2)cnc2[nH]cc(Cl)c12.CNc1c(-c2cnn([C@H]3CCN(C(C)=O)C[C@@H]3F)c2)cnc2[nH]cc(Cl)c12.O=C(c1ccc(-c2cnc3[nH]cc(Cl)c3c2NC2CCCC2)cc1)N1CCC(N2CCOCC2)CC1. The maximum atomic E-state index is 14.6. The second-order valence-corrected chi connectivity index (χ2v) is 26.6. The summed E-state index contributed by atoms with van der Waals surface area (Å²) >= 11 is 19.2. The lowest BCUT2D eigenvalue weighted by Gasteiger charge is -2.40. The van der Waals surface area contributed by atoms with Crippen LogP contribution in [0.15, 0.2) is 98.1 Å². The largest absolute Gasteiger partial charge is 0.387 e. The van der Waals surface area contributed by atoms with E-state index < -0.39 is 6.17 Å². The monoisotopic (exact) mass is 1350 g/mol. The van der Waals surface area contributed by atoms with Crippen molar-refractivity contribution in [2.24, 2.45) is 0 Å². The van der Waals surface area contributed by atoms with Gasteiger partial charge < -0.3 is 55.1 Å². The number of aromatic nitrogens is 8. The van der Waals surface area contributed by atoms with Crippen LogP contribution in [0.2, 0.25) is 15.1 Å². The molecule has 0 unspecified atom stereocenters. The van der Waals surface area contributed by atoms with Crippen molar-refractivity contribution in [2.45, 2.75) is 95.1 Å². The number of carbonyl (C=O) groups is 3. The number of anilines is 3. The van der Waals surface area contributed by atoms with Crippen molar-refractivity contribution in [1.82, 2.24) is 64.2 Å². The van der Waals surface area contributed by atoms with Gasteiger partial charge in [-0.2, -0.15) is 5.10 Å². The maximum Gasteiger partial charge on any atom is 0.253 e. The second-order valence-electron chi connectivity index (χ2n) is 25.4. The summed E-state index contributed by atoms with van der Waals surface area (Å²) in [5.41, 5.74) is 12.1. The van der Waals surface area contributed by atoms with E-state index in [0.717, 1.165) is 193 Å². The average molecular weight is 1350 g/mol. The van der Waals surface area contributed by atoms with E-state index in [1.165, 1.54) is 37.5 Å². The highest BCUT2D eigenvalue weighted by atomic mass is 35.5. The molecule has 6 N–H and O–H groups in total. The van der Waals surface area contributed by atoms with Crippen LogP contribution in [0.1, 0.15) is 91.5 Å². The summed E-state index contributed by atoms with van der Waals surface area (Å²) in [6.07, 6.45) is 22.6. The molecule has 95 heavy (non-hydrogen) atoms. The molecule has 15 rings (SSSR count). The van der Waals surface area contributed by atoms with Gasteiger partial charge in [-0.3, -0.25) is 28.9 Å². The minimum absolute atomic E-state index is 0.0984. The number of ether oxygens (including phenoxy) is 2. The van der Waals surface area contributed by atoms with E-state index >= 15 is 0 Å². The number of halogens is 4. The molecule has 6 fully saturated rings. The number of likely N-dealkylation sites (tertiary alicyclic amines) is 3. The van der Waals surface area contributed by atoms with E-state index in [9.17, 15) is 18.8 Å². The molecule has 21 nitrogen and oxygen atoms in total. The van der Waals surface area contributed by atoms with Gasteiger partial charge in [0.1, 0.15) is 23.1 Å². The van der Waals surface area contributed by atoms with Gasteiger partial charge in [0.25, 0.3) is 11.8 Å². The highest BCUT2D eigenvalue weighted by Gasteiger charge is 2.34. The number of amides is 3. The van der Waals surface area contributed by atoms with Crippen LogP contribution in [0, 0.1) is 0 Å². The molecule has 2 aromatic carbocycles. The fraction of sp³-hybridized carbons (Fsp3) is 0.443. The molecule has 0 radical (unpaired) electrons. The third-order valence-electron chi connectivity index (χ3n) is 19.9. The number of hydrogen-bond acceptors (Lipinski definition) is 14. The minimum Gasteiger partial charge on any atom is -0.387 e. The zero-order valence-electron chi connectivity index (χ0n) is 53.9. The number of aromatic amines is 3. The van der Waals surface area contributed by atoms with Crippen LogP contribution in [0.4, 0.5) is 21.5 Å². The van der Waals surface area contributed by atoms with Crippen molar-refractivity contribution >= 4 is 103 Å². The molecule has 5 saturated heterocycles. The van der Waals surface area contributed by atoms with Crippen molar-refractivity contribution < 1.29 is 28.2 Å². The Labute approximate surface area is 566 Å². The van der Waals surface area contributed by atoms with Crippen LogP contribution in [0.25, 0.3) is 66.5 Å². The van der Waals surface area contributed by atoms with Crippen molar-refractivity contribution in [1.29, 1.82) is 0 Å². The zero-order chi connectivity index (χ0) is 65.7. The van der Waals surface area contributed by atoms with Gasteiger partial charge in [-0.05, 0) is 80.3 Å². The van der Waals surface area contributed by atoms with Crippen LogP contribution in [-0.2, 0) is 14.3 Å². The molecule has 6 aliphatic rings. The van der Waals surface area contributed by atoms with E-state index in [2.05, 4.69) is 60.8 Å². The van der Waals surface area contributed by atoms with Crippen molar-refractivity contribution in [3.63, 3.8) is 0 Å². The first-order valence-electron chi connectivity index (χ1n) is 33.3. The molecular weight excluding hydrogens is 1270 g/mol. The van der Waals surface area contributed by atoms with Crippen LogP contribution >= 0.6 is 34.8 Å². The molecule has 5 aliphatic heterocycles. The molecule has 0 spiro atoms. The summed E-state index contributed by atoms with van der Waals surface area (Å²) in [5, 5.41) is 19.1. The Hall–Kier alpha value is -7.83. The van der Waals surface area contributed by atoms with Crippen molar-refractivity contribution in [2.75, 3.05) is 122 Å². The number of rotatable bonds is 12. The number of nitrogens with one attached hydrogen (secondary N) is 6. The molecular formula is C70H82Cl3FN16O5. The van der Waals surface area contributed by atoms with E-state index in [1.54, 1.807) is 35.7 Å². The predicted molar refractivity (Wildman–Crippen MR) is 374 cm³/mol. The first kappa shape index (κ1) is 65.8. The number of fused-ring (bicyclic) bond motifs is 3. The number of alkyl halides is 1. The van der Waals surface area contributed by atoms with Crippen LogP contribution in [-0.4, -0.2) is 212 Å². The Kier molecular flexibility index (Phi) is 20.5. The van der Waals surface area contributed by atoms with Crippen LogP contribution in [0.3, 0.4) is 0 Å². The van der Waals surface area contributed by atoms with E-state index in [-0.39, 0.29) is 30.3 Å². The predicted octanol–water partition coefficient (Wildman–Crippen LogP) is 12.3. The number of benzene rings is 2. The summed E-state index contributed by atoms with van der Waals surface area (Å²) in [5.74, 6) is 0.125. The fourth-order valence-corrected chi connectivity index (χ4v) is 15.3. The molecule has 9 aromatic rings. The Balaban J connectivity index is 0.000000131. The number of carbonyl (C=O) groups excluding carboxylic acids is 3. The molecule has 2 atom stereocenters.